The first-order valence-electron chi connectivity index (χ1n) is 8.52. The predicted octanol–water partition coefficient (Wildman–Crippen LogP) is 2.95. The summed E-state index contributed by atoms with van der Waals surface area (Å²) in [6.07, 6.45) is 4.48. The molecule has 0 bridgehead atoms. The largest absolute Gasteiger partial charge is 0.481 e. The van der Waals surface area contributed by atoms with Crippen molar-refractivity contribution >= 4 is 12.1 Å². The van der Waals surface area contributed by atoms with Gasteiger partial charge in [-0.05, 0) is 52.4 Å². The maximum absolute atomic E-state index is 12.0. The van der Waals surface area contributed by atoms with Gasteiger partial charge in [0.05, 0.1) is 11.5 Å². The maximum Gasteiger partial charge on any atom is 0.407 e. The number of carbonyl (C=O) groups is 2. The van der Waals surface area contributed by atoms with Crippen LogP contribution in [0.5, 0.6) is 0 Å². The van der Waals surface area contributed by atoms with Crippen molar-refractivity contribution in [3.05, 3.63) is 0 Å². The van der Waals surface area contributed by atoms with E-state index in [0.717, 1.165) is 25.7 Å². The summed E-state index contributed by atoms with van der Waals surface area (Å²) in [7, 11) is 0. The summed E-state index contributed by atoms with van der Waals surface area (Å²) < 4.78 is 10.9. The zero-order chi connectivity index (χ0) is 17.1. The Balaban J connectivity index is 2.01. The molecule has 2 N–H and O–H groups in total. The minimum Gasteiger partial charge on any atom is -0.481 e. The number of carboxylic acids is 1. The summed E-state index contributed by atoms with van der Waals surface area (Å²) in [5, 5.41) is 12.5. The van der Waals surface area contributed by atoms with Crippen LogP contribution in [0.15, 0.2) is 0 Å². The van der Waals surface area contributed by atoms with Gasteiger partial charge in [-0.2, -0.15) is 0 Å². The Morgan fingerprint density at radius 3 is 2.39 bits per heavy atom. The molecule has 6 heteroatoms. The summed E-state index contributed by atoms with van der Waals surface area (Å²) in [5.74, 6) is -0.399. The number of hydrogen-bond acceptors (Lipinski definition) is 4. The lowest BCUT2D eigenvalue weighted by Crippen LogP contribution is -2.46. The van der Waals surface area contributed by atoms with Crippen LogP contribution in [0.1, 0.15) is 59.3 Å². The molecule has 1 aliphatic carbocycles. The van der Waals surface area contributed by atoms with Crippen LogP contribution < -0.4 is 5.32 Å². The average Bonchev–Trinajstić information content (AvgIpc) is 3.07. The van der Waals surface area contributed by atoms with Crippen molar-refractivity contribution in [1.82, 2.24) is 5.32 Å². The second-order valence-corrected chi connectivity index (χ2v) is 7.93. The number of aliphatic carboxylic acids is 1. The normalized spacial score (nSPS) is 24.0. The van der Waals surface area contributed by atoms with Crippen LogP contribution in [0, 0.1) is 11.3 Å². The van der Waals surface area contributed by atoms with Crippen molar-refractivity contribution in [3.8, 4) is 0 Å². The Morgan fingerprint density at radius 2 is 1.91 bits per heavy atom. The smallest absolute Gasteiger partial charge is 0.407 e. The number of amides is 1. The highest BCUT2D eigenvalue weighted by Gasteiger charge is 2.45. The Bertz CT molecular complexity index is 435. The zero-order valence-corrected chi connectivity index (χ0v) is 14.4. The summed E-state index contributed by atoms with van der Waals surface area (Å²) in [6, 6.07) is 0. The Morgan fingerprint density at radius 1 is 1.22 bits per heavy atom. The Kier molecular flexibility index (Phi) is 5.55. The molecule has 1 saturated carbocycles. The van der Waals surface area contributed by atoms with Gasteiger partial charge in [-0.15, -0.1) is 0 Å². The molecule has 0 radical (unpaired) electrons. The second-order valence-electron chi connectivity index (χ2n) is 7.93. The van der Waals surface area contributed by atoms with Gasteiger partial charge in [0.2, 0.25) is 0 Å². The van der Waals surface area contributed by atoms with Gasteiger partial charge < -0.3 is 19.9 Å². The van der Waals surface area contributed by atoms with Crippen LogP contribution in [0.3, 0.4) is 0 Å². The number of nitrogens with one attached hydrogen (secondary N) is 1. The van der Waals surface area contributed by atoms with Crippen LogP contribution in [0.2, 0.25) is 0 Å². The average molecular weight is 327 g/mol. The lowest BCUT2D eigenvalue weighted by atomic mass is 9.77. The molecular formula is C17H29NO5. The van der Waals surface area contributed by atoms with Gasteiger partial charge in [-0.1, -0.05) is 12.8 Å². The third-order valence-electron chi connectivity index (χ3n) is 4.44. The van der Waals surface area contributed by atoms with Gasteiger partial charge in [0, 0.05) is 13.2 Å². The van der Waals surface area contributed by atoms with Crippen molar-refractivity contribution in [3.63, 3.8) is 0 Å². The van der Waals surface area contributed by atoms with E-state index in [1.165, 1.54) is 0 Å². The third-order valence-corrected chi connectivity index (χ3v) is 4.44. The fourth-order valence-corrected chi connectivity index (χ4v) is 3.15. The number of rotatable bonds is 7. The number of carboxylic acid groups (broad SMARTS) is 1. The fraction of sp³-hybridized carbons (Fsp3) is 0.882. The number of ether oxygens (including phenoxy) is 2. The first kappa shape index (κ1) is 18.0. The molecule has 0 aromatic rings. The van der Waals surface area contributed by atoms with E-state index in [-0.39, 0.29) is 12.6 Å². The maximum atomic E-state index is 12.0. The molecular weight excluding hydrogens is 298 g/mol. The molecule has 132 valence electrons. The fourth-order valence-electron chi connectivity index (χ4n) is 3.15. The van der Waals surface area contributed by atoms with Crippen LogP contribution in [-0.2, 0) is 14.3 Å². The molecule has 1 heterocycles. The standard InChI is InChI=1S/C17H29NO5/c1-16(2,3)23-15(21)18-11-17(14(19)20,9-12-6-7-12)10-13-5-4-8-22-13/h12-13H,4-11H2,1-3H3,(H,18,21)(H,19,20). The summed E-state index contributed by atoms with van der Waals surface area (Å²) in [6.45, 7) is 6.14. The highest BCUT2D eigenvalue weighted by atomic mass is 16.6. The van der Waals surface area contributed by atoms with Crippen molar-refractivity contribution in [2.45, 2.75) is 71.0 Å². The molecule has 1 amide bonds. The van der Waals surface area contributed by atoms with Crippen LogP contribution in [0.25, 0.3) is 0 Å². The number of alkyl carbamates (subject to hydrolysis) is 1. The topological polar surface area (TPSA) is 84.9 Å². The molecule has 1 saturated heterocycles. The highest BCUT2D eigenvalue weighted by molar-refractivity contribution is 5.76. The minimum atomic E-state index is -0.965. The first-order valence-corrected chi connectivity index (χ1v) is 8.52. The van der Waals surface area contributed by atoms with Crippen molar-refractivity contribution < 1.29 is 24.2 Å². The van der Waals surface area contributed by atoms with Gasteiger partial charge in [0.15, 0.2) is 0 Å². The van der Waals surface area contributed by atoms with Gasteiger partial charge in [-0.3, -0.25) is 4.79 Å². The molecule has 6 nitrogen and oxygen atoms in total. The van der Waals surface area contributed by atoms with E-state index < -0.39 is 23.1 Å². The van der Waals surface area contributed by atoms with E-state index in [2.05, 4.69) is 5.32 Å². The molecule has 2 rings (SSSR count). The van der Waals surface area contributed by atoms with E-state index in [0.29, 0.717) is 25.4 Å². The van der Waals surface area contributed by atoms with Crippen molar-refractivity contribution in [2.24, 2.45) is 11.3 Å². The number of carbonyl (C=O) groups excluding carboxylic acids is 1. The third kappa shape index (κ3) is 5.68. The van der Waals surface area contributed by atoms with Crippen LogP contribution in [0.4, 0.5) is 4.79 Å². The van der Waals surface area contributed by atoms with E-state index >= 15 is 0 Å². The lowest BCUT2D eigenvalue weighted by molar-refractivity contribution is -0.151. The van der Waals surface area contributed by atoms with E-state index in [1.807, 2.05) is 0 Å². The van der Waals surface area contributed by atoms with Gasteiger partial charge in [0.1, 0.15) is 5.60 Å². The Hall–Kier alpha value is -1.30. The minimum absolute atomic E-state index is 0.0229. The molecule has 2 unspecified atom stereocenters. The van der Waals surface area contributed by atoms with E-state index in [4.69, 9.17) is 9.47 Å². The summed E-state index contributed by atoms with van der Waals surface area (Å²) in [5.41, 5.74) is -1.56. The number of hydrogen-bond donors (Lipinski definition) is 2. The van der Waals surface area contributed by atoms with Gasteiger partial charge in [0.25, 0.3) is 0 Å². The molecule has 2 aliphatic rings. The molecule has 0 aromatic heterocycles. The van der Waals surface area contributed by atoms with Crippen molar-refractivity contribution in [2.75, 3.05) is 13.2 Å². The molecule has 2 fully saturated rings. The van der Waals surface area contributed by atoms with Crippen molar-refractivity contribution in [1.29, 1.82) is 0 Å². The molecule has 23 heavy (non-hydrogen) atoms. The highest BCUT2D eigenvalue weighted by Crippen LogP contribution is 2.44. The van der Waals surface area contributed by atoms with E-state index in [9.17, 15) is 14.7 Å². The second kappa shape index (κ2) is 7.07. The predicted molar refractivity (Wildman–Crippen MR) is 85.2 cm³/mol. The SMILES string of the molecule is CC(C)(C)OC(=O)NCC(CC1CC1)(CC1CCCO1)C(=O)O. The molecule has 0 spiro atoms. The summed E-state index contributed by atoms with van der Waals surface area (Å²) >= 11 is 0. The van der Waals surface area contributed by atoms with Crippen LogP contribution in [-0.4, -0.2) is 42.0 Å². The lowest BCUT2D eigenvalue weighted by Gasteiger charge is -2.32. The van der Waals surface area contributed by atoms with Crippen LogP contribution >= 0.6 is 0 Å². The first-order chi connectivity index (χ1) is 10.7. The van der Waals surface area contributed by atoms with Gasteiger partial charge in [-0.25, -0.2) is 4.79 Å². The summed E-state index contributed by atoms with van der Waals surface area (Å²) in [4.78, 5) is 23.9. The van der Waals surface area contributed by atoms with E-state index in [1.54, 1.807) is 20.8 Å². The molecule has 1 aliphatic heterocycles. The molecule has 0 aromatic carbocycles. The monoisotopic (exact) mass is 327 g/mol. The molecule has 2 atom stereocenters. The zero-order valence-electron chi connectivity index (χ0n) is 14.4. The quantitative estimate of drug-likeness (QED) is 0.751. The van der Waals surface area contributed by atoms with Gasteiger partial charge >= 0.3 is 12.1 Å². The Labute approximate surface area is 137 Å².